The molecule has 0 aliphatic heterocycles. The molecule has 0 aliphatic carbocycles. The molecule has 0 aromatic rings. The van der Waals surface area contributed by atoms with Crippen molar-refractivity contribution in [2.75, 3.05) is 0 Å². The third kappa shape index (κ3) is 41.3. The van der Waals surface area contributed by atoms with Gasteiger partial charge in [0.05, 0.1) is 0 Å². The maximum absolute atomic E-state index is 6.86. The summed E-state index contributed by atoms with van der Waals surface area (Å²) in [6.45, 7) is 0. The fourth-order valence-electron chi connectivity index (χ4n) is 0. The van der Waals surface area contributed by atoms with Gasteiger partial charge in [0.15, 0.2) is 0 Å². The Morgan fingerprint density at radius 2 is 1.75 bits per heavy atom. The molecule has 0 atom stereocenters. The second-order valence-electron chi connectivity index (χ2n) is 0.100. The van der Waals surface area contributed by atoms with E-state index >= 15 is 0 Å². The van der Waals surface area contributed by atoms with Crippen LogP contribution >= 0.6 is 0 Å². The van der Waals surface area contributed by atoms with Crippen LogP contribution in [-0.2, 0) is 0 Å². The van der Waals surface area contributed by atoms with Crippen LogP contribution < -0.4 is 0 Å². The zero-order valence-corrected chi connectivity index (χ0v) is 1.39. The van der Waals surface area contributed by atoms with Gasteiger partial charge in [0.25, 0.3) is 0 Å². The van der Waals surface area contributed by atoms with Gasteiger partial charge in [-0.25, -0.2) is 0 Å². The molecule has 0 aromatic carbocycles. The molecule has 0 amide bonds. The first-order valence-electron chi connectivity index (χ1n) is 0.424. The summed E-state index contributed by atoms with van der Waals surface area (Å²) >= 11 is 0. The predicted molar refractivity (Wildman–Crippen MR) is 16.6 cm³/mol. The summed E-state index contributed by atoms with van der Waals surface area (Å²) in [5, 5.41) is 0. The second-order valence-corrected chi connectivity index (χ2v) is 0.100. The minimum absolute atomic E-state index is 0. The van der Waals surface area contributed by atoms with Crippen LogP contribution in [0.15, 0.2) is 0 Å². The van der Waals surface area contributed by atoms with Crippen molar-refractivity contribution in [1.82, 2.24) is 0 Å². The zero-order chi connectivity index (χ0) is 2.71. The maximum atomic E-state index is 6.86. The van der Waals surface area contributed by atoms with Gasteiger partial charge >= 0.3 is 29.6 Å². The fourth-order valence-corrected chi connectivity index (χ4v) is 0. The molecule has 0 aromatic heterocycles. The van der Waals surface area contributed by atoms with Gasteiger partial charge < -0.3 is 0 Å². The van der Waals surface area contributed by atoms with Crippen LogP contribution in [0.25, 0.3) is 10.4 Å². The van der Waals surface area contributed by atoms with Crippen molar-refractivity contribution >= 4 is 29.6 Å². The summed E-state index contributed by atoms with van der Waals surface area (Å²) in [6.07, 6.45) is 0. The van der Waals surface area contributed by atoms with Crippen LogP contribution in [0.2, 0.25) is 0 Å². The Bertz CT molecular complexity index is 24.3. The molecule has 1 N–H and O–H groups in total. The Hall–Kier alpha value is 0.310. The summed E-state index contributed by atoms with van der Waals surface area (Å²) in [6, 6.07) is 0. The average Bonchev–Trinajstić information content (AvgIpc) is 0.918. The minimum atomic E-state index is 0. The summed E-state index contributed by atoms with van der Waals surface area (Å²) in [4.78, 5) is 1.75. The van der Waals surface area contributed by atoms with Crippen molar-refractivity contribution in [3.63, 3.8) is 0 Å². The van der Waals surface area contributed by atoms with Crippen molar-refractivity contribution in [2.24, 2.45) is 0 Å². The molecule has 18 valence electrons. The van der Waals surface area contributed by atoms with E-state index < -0.39 is 0 Å². The molecule has 0 fully saturated rings. The molecular weight excluding hydrogens is 65.0 g/mol. The first kappa shape index (κ1) is 8.85. The fraction of sp³-hybridized carbons (Fsp3) is 0. The number of nitrogens with zero attached hydrogens (tertiary/aromatic N) is 2. The molecule has 0 radical (unpaired) electrons. The van der Waals surface area contributed by atoms with Gasteiger partial charge in [-0.05, 0) is 10.4 Å². The first-order valence-corrected chi connectivity index (χ1v) is 0.424. The van der Waals surface area contributed by atoms with Crippen molar-refractivity contribution in [3.8, 4) is 0 Å². The van der Waals surface area contributed by atoms with E-state index in [-0.39, 0.29) is 29.6 Å². The van der Waals surface area contributed by atoms with Gasteiger partial charge in [0.1, 0.15) is 0 Å². The van der Waals surface area contributed by atoms with E-state index in [0.29, 0.717) is 0 Å². The Labute approximate surface area is 45.7 Å². The van der Waals surface area contributed by atoms with Crippen LogP contribution in [0.3, 0.4) is 0 Å². The number of hydrogen-bond acceptors (Lipinski definition) is 1. The van der Waals surface area contributed by atoms with Crippen molar-refractivity contribution in [1.29, 1.82) is 5.53 Å². The van der Waals surface area contributed by atoms with Gasteiger partial charge in [0.2, 0.25) is 0 Å². The molecule has 0 saturated carbocycles. The predicted octanol–water partition coefficient (Wildman–Crippen LogP) is 0.227. The third-order valence-electron chi connectivity index (χ3n) is 0. The van der Waals surface area contributed by atoms with E-state index in [0.717, 1.165) is 0 Å². The van der Waals surface area contributed by atoms with Crippen molar-refractivity contribution < 1.29 is 0 Å². The monoisotopic (exact) mass is 67.0 g/mol. The van der Waals surface area contributed by atoms with Crippen LogP contribution in [-0.4, -0.2) is 29.6 Å². The topological polar surface area (TPSA) is 60.3 Å². The molecule has 0 rings (SSSR count). The summed E-state index contributed by atoms with van der Waals surface area (Å²) in [5.41, 5.74) is 12.2. The average molecular weight is 67.0 g/mol. The third-order valence-corrected chi connectivity index (χ3v) is 0. The molecule has 0 bridgehead atoms. The molecule has 0 spiro atoms. The zero-order valence-electron chi connectivity index (χ0n) is 1.39. The molecule has 0 aliphatic rings. The van der Waals surface area contributed by atoms with Crippen molar-refractivity contribution in [2.45, 2.75) is 0 Å². The summed E-state index contributed by atoms with van der Waals surface area (Å²) in [7, 11) is 0. The van der Waals surface area contributed by atoms with Crippen LogP contribution in [0.1, 0.15) is 0 Å². The molecule has 4 heavy (non-hydrogen) atoms. The van der Waals surface area contributed by atoms with E-state index in [4.69, 9.17) is 11.1 Å². The van der Waals surface area contributed by atoms with Gasteiger partial charge in [-0.2, -0.15) is 0 Å². The number of rotatable bonds is 0. The van der Waals surface area contributed by atoms with E-state index in [1.807, 2.05) is 0 Å². The molecule has 0 heterocycles. The van der Waals surface area contributed by atoms with Gasteiger partial charge in [0, 0.05) is 0 Å². The van der Waals surface area contributed by atoms with Gasteiger partial charge in [-0.15, -0.1) is 5.53 Å². The normalized spacial score (nSPS) is 2.00. The quantitative estimate of drug-likeness (QED) is 0.182. The van der Waals surface area contributed by atoms with Gasteiger partial charge in [-0.3, -0.25) is 0 Å². The SMILES string of the molecule is [N-]=[N+]=N.[NaH]. The van der Waals surface area contributed by atoms with E-state index in [9.17, 15) is 0 Å². The molecular formula is H2N3Na. The van der Waals surface area contributed by atoms with E-state index in [1.54, 1.807) is 4.91 Å². The second kappa shape index (κ2) is 10.3. The summed E-state index contributed by atoms with van der Waals surface area (Å²) in [5.74, 6) is 0. The van der Waals surface area contributed by atoms with Crippen LogP contribution in [0, 0.1) is 5.53 Å². The van der Waals surface area contributed by atoms with Gasteiger partial charge in [-0.1, -0.05) is 0 Å². The Morgan fingerprint density at radius 1 is 1.75 bits per heavy atom. The Balaban J connectivity index is 0. The molecule has 0 unspecified atom stereocenters. The Kier molecular flexibility index (Phi) is 22.8. The number of nitrogens with one attached hydrogen (secondary N) is 1. The van der Waals surface area contributed by atoms with Crippen LogP contribution in [0.4, 0.5) is 0 Å². The van der Waals surface area contributed by atoms with Crippen molar-refractivity contribution in [3.05, 3.63) is 10.4 Å². The molecule has 0 saturated heterocycles. The molecule has 4 heteroatoms. The molecule has 3 nitrogen and oxygen atoms in total. The van der Waals surface area contributed by atoms with E-state index in [1.165, 1.54) is 0 Å². The van der Waals surface area contributed by atoms with E-state index in [2.05, 4.69) is 0 Å². The first-order chi connectivity index (χ1) is 1.41. The summed E-state index contributed by atoms with van der Waals surface area (Å²) < 4.78 is 0. The number of hydrogen-bond donors (Lipinski definition) is 1. The Morgan fingerprint density at radius 3 is 1.75 bits per heavy atom. The standard InChI is InChI=1S/HN3.Na.H/c1-3-2;;/h1H;;. The van der Waals surface area contributed by atoms with Crippen LogP contribution in [0.5, 0.6) is 0 Å².